The van der Waals surface area contributed by atoms with E-state index < -0.39 is 0 Å². The van der Waals surface area contributed by atoms with Gasteiger partial charge in [0.05, 0.1) is 6.26 Å². The van der Waals surface area contributed by atoms with Gasteiger partial charge >= 0.3 is 0 Å². The molecule has 0 aromatic rings. The van der Waals surface area contributed by atoms with Gasteiger partial charge in [0.2, 0.25) is 0 Å². The van der Waals surface area contributed by atoms with E-state index in [4.69, 9.17) is 4.74 Å². The predicted molar refractivity (Wildman–Crippen MR) is 29.8 cm³/mol. The first-order valence-corrected chi connectivity index (χ1v) is 2.29. The maximum absolute atomic E-state index is 4.84. The summed E-state index contributed by atoms with van der Waals surface area (Å²) in [5.74, 6) is 0. The Bertz CT molecular complexity index is 52.0. The Morgan fingerprint density at radius 3 is 2.86 bits per heavy atom. The van der Waals surface area contributed by atoms with Crippen molar-refractivity contribution in [2.75, 3.05) is 13.8 Å². The number of ether oxygens (including phenoxy) is 1. The van der Waals surface area contributed by atoms with Crippen LogP contribution in [0.4, 0.5) is 0 Å². The van der Waals surface area contributed by atoms with E-state index >= 15 is 0 Å². The molecule has 0 bridgehead atoms. The van der Waals surface area contributed by atoms with E-state index in [2.05, 4.69) is 5.32 Å². The minimum Gasteiger partial charge on any atom is -0.486 e. The molecule has 0 saturated heterocycles. The van der Waals surface area contributed by atoms with E-state index in [-0.39, 0.29) is 0 Å². The SMILES string of the molecule is C/C=C/OCNC. The first-order chi connectivity index (χ1) is 3.41. The third kappa shape index (κ3) is 5.50. The highest BCUT2D eigenvalue weighted by Gasteiger charge is 1.67. The van der Waals surface area contributed by atoms with E-state index in [1.807, 2.05) is 20.0 Å². The summed E-state index contributed by atoms with van der Waals surface area (Å²) >= 11 is 0. The lowest BCUT2D eigenvalue weighted by Gasteiger charge is -1.94. The minimum absolute atomic E-state index is 0.588. The van der Waals surface area contributed by atoms with E-state index in [0.29, 0.717) is 6.73 Å². The van der Waals surface area contributed by atoms with Gasteiger partial charge in [0, 0.05) is 0 Å². The zero-order valence-corrected chi connectivity index (χ0v) is 4.77. The normalized spacial score (nSPS) is 10.0. The standard InChI is InChI=1S/C5H11NO/c1-3-4-7-5-6-2/h3-4,6H,5H2,1-2H3/b4-3+. The van der Waals surface area contributed by atoms with Gasteiger partial charge in [0.25, 0.3) is 0 Å². The lowest BCUT2D eigenvalue weighted by atomic mass is 10.7. The summed E-state index contributed by atoms with van der Waals surface area (Å²) < 4.78 is 4.84. The molecule has 0 unspecified atom stereocenters. The van der Waals surface area contributed by atoms with Crippen LogP contribution < -0.4 is 5.32 Å². The zero-order chi connectivity index (χ0) is 5.54. The van der Waals surface area contributed by atoms with Crippen molar-refractivity contribution in [2.24, 2.45) is 0 Å². The Labute approximate surface area is 44.2 Å². The molecule has 0 fully saturated rings. The fraction of sp³-hybridized carbons (Fsp3) is 0.600. The van der Waals surface area contributed by atoms with E-state index in [9.17, 15) is 0 Å². The molecule has 0 saturated carbocycles. The maximum Gasteiger partial charge on any atom is 0.138 e. The van der Waals surface area contributed by atoms with E-state index in [1.54, 1.807) is 6.26 Å². The quantitative estimate of drug-likeness (QED) is 0.321. The van der Waals surface area contributed by atoms with Crippen LogP contribution in [-0.2, 0) is 4.74 Å². The zero-order valence-electron chi connectivity index (χ0n) is 4.77. The highest BCUT2D eigenvalue weighted by atomic mass is 16.5. The van der Waals surface area contributed by atoms with Gasteiger partial charge in [0.1, 0.15) is 6.73 Å². The second-order valence-corrected chi connectivity index (χ2v) is 1.13. The fourth-order valence-electron chi connectivity index (χ4n) is 0.228. The second-order valence-electron chi connectivity index (χ2n) is 1.13. The molecule has 0 atom stereocenters. The molecule has 0 spiro atoms. The van der Waals surface area contributed by atoms with Gasteiger partial charge in [-0.15, -0.1) is 0 Å². The van der Waals surface area contributed by atoms with Crippen LogP contribution in [-0.4, -0.2) is 13.8 Å². The van der Waals surface area contributed by atoms with Crippen LogP contribution in [0.1, 0.15) is 6.92 Å². The number of rotatable bonds is 3. The van der Waals surface area contributed by atoms with Crippen molar-refractivity contribution in [2.45, 2.75) is 6.92 Å². The molecule has 7 heavy (non-hydrogen) atoms. The van der Waals surface area contributed by atoms with Crippen molar-refractivity contribution < 1.29 is 4.74 Å². The van der Waals surface area contributed by atoms with Gasteiger partial charge in [0.15, 0.2) is 0 Å². The molecule has 1 N–H and O–H groups in total. The molecule has 2 heteroatoms. The molecule has 0 aromatic heterocycles. The maximum atomic E-state index is 4.84. The summed E-state index contributed by atoms with van der Waals surface area (Å²) in [6.07, 6.45) is 3.49. The molecule has 0 aliphatic rings. The first-order valence-electron chi connectivity index (χ1n) is 2.29. The van der Waals surface area contributed by atoms with Crippen molar-refractivity contribution >= 4 is 0 Å². The molecule has 2 nitrogen and oxygen atoms in total. The molecule has 42 valence electrons. The van der Waals surface area contributed by atoms with Crippen molar-refractivity contribution in [3.05, 3.63) is 12.3 Å². The van der Waals surface area contributed by atoms with Crippen LogP contribution in [0.15, 0.2) is 12.3 Å². The topological polar surface area (TPSA) is 21.3 Å². The molecule has 0 aliphatic heterocycles. The molecule has 0 heterocycles. The van der Waals surface area contributed by atoms with Gasteiger partial charge in [-0.3, -0.25) is 5.32 Å². The fourth-order valence-corrected chi connectivity index (χ4v) is 0.228. The van der Waals surface area contributed by atoms with Gasteiger partial charge in [-0.25, -0.2) is 0 Å². The lowest BCUT2D eigenvalue weighted by Crippen LogP contribution is -2.07. The Morgan fingerprint density at radius 1 is 1.71 bits per heavy atom. The molecule has 0 radical (unpaired) electrons. The van der Waals surface area contributed by atoms with Crippen LogP contribution >= 0.6 is 0 Å². The molecule has 0 aromatic carbocycles. The van der Waals surface area contributed by atoms with Crippen molar-refractivity contribution in [1.82, 2.24) is 5.32 Å². The van der Waals surface area contributed by atoms with Gasteiger partial charge < -0.3 is 4.74 Å². The van der Waals surface area contributed by atoms with Crippen LogP contribution in [0.3, 0.4) is 0 Å². The van der Waals surface area contributed by atoms with Crippen molar-refractivity contribution in [1.29, 1.82) is 0 Å². The number of allylic oxidation sites excluding steroid dienone is 1. The van der Waals surface area contributed by atoms with Gasteiger partial charge in [-0.2, -0.15) is 0 Å². The van der Waals surface area contributed by atoms with Crippen LogP contribution in [0.25, 0.3) is 0 Å². The second kappa shape index (κ2) is 5.50. The molecule has 0 amide bonds. The summed E-state index contributed by atoms with van der Waals surface area (Å²) in [6, 6.07) is 0. The highest BCUT2D eigenvalue weighted by Crippen LogP contribution is 1.69. The van der Waals surface area contributed by atoms with E-state index in [0.717, 1.165) is 0 Å². The Hall–Kier alpha value is -0.500. The van der Waals surface area contributed by atoms with E-state index in [1.165, 1.54) is 0 Å². The summed E-state index contributed by atoms with van der Waals surface area (Å²) in [6.45, 7) is 2.50. The summed E-state index contributed by atoms with van der Waals surface area (Å²) in [7, 11) is 1.84. The number of hydrogen-bond acceptors (Lipinski definition) is 2. The third-order valence-electron chi connectivity index (χ3n) is 0.460. The van der Waals surface area contributed by atoms with Crippen LogP contribution in [0, 0.1) is 0 Å². The first kappa shape index (κ1) is 6.50. The monoisotopic (exact) mass is 101 g/mol. The highest BCUT2D eigenvalue weighted by molar-refractivity contribution is 4.64. The number of nitrogens with one attached hydrogen (secondary N) is 1. The Balaban J connectivity index is 2.69. The van der Waals surface area contributed by atoms with Gasteiger partial charge in [-0.1, -0.05) is 6.08 Å². The summed E-state index contributed by atoms with van der Waals surface area (Å²) in [4.78, 5) is 0. The van der Waals surface area contributed by atoms with Crippen molar-refractivity contribution in [3.8, 4) is 0 Å². The number of hydrogen-bond donors (Lipinski definition) is 1. The van der Waals surface area contributed by atoms with Crippen LogP contribution in [0.5, 0.6) is 0 Å². The summed E-state index contributed by atoms with van der Waals surface area (Å²) in [5.41, 5.74) is 0. The Kier molecular flexibility index (Phi) is 5.11. The average Bonchev–Trinajstić information content (AvgIpc) is 1.69. The van der Waals surface area contributed by atoms with Crippen molar-refractivity contribution in [3.63, 3.8) is 0 Å². The average molecular weight is 101 g/mol. The van der Waals surface area contributed by atoms with Crippen LogP contribution in [0.2, 0.25) is 0 Å². The predicted octanol–water partition coefficient (Wildman–Crippen LogP) is 0.714. The third-order valence-corrected chi connectivity index (χ3v) is 0.460. The Morgan fingerprint density at radius 2 is 2.43 bits per heavy atom. The molecular formula is C5H11NO. The molecular weight excluding hydrogens is 90.1 g/mol. The largest absolute Gasteiger partial charge is 0.486 e. The van der Waals surface area contributed by atoms with Gasteiger partial charge in [-0.05, 0) is 14.0 Å². The molecule has 0 rings (SSSR count). The smallest absolute Gasteiger partial charge is 0.138 e. The molecule has 0 aliphatic carbocycles. The summed E-state index contributed by atoms with van der Waals surface area (Å²) in [5, 5.41) is 2.83. The minimum atomic E-state index is 0.588. The lowest BCUT2D eigenvalue weighted by molar-refractivity contribution is 0.231.